The molecule has 0 saturated carbocycles. The highest BCUT2D eigenvalue weighted by molar-refractivity contribution is 7.09. The average molecular weight is 338 g/mol. The van der Waals surface area contributed by atoms with E-state index in [-0.39, 0.29) is 23.5 Å². The van der Waals surface area contributed by atoms with E-state index in [0.717, 1.165) is 24.1 Å². The Balaban J connectivity index is 1.68. The molecule has 3 amide bonds. The summed E-state index contributed by atoms with van der Waals surface area (Å²) in [7, 11) is 0. The maximum atomic E-state index is 12.1. The van der Waals surface area contributed by atoms with Gasteiger partial charge < -0.3 is 15.5 Å². The summed E-state index contributed by atoms with van der Waals surface area (Å²) in [6.45, 7) is 7.28. The molecule has 2 rings (SSSR count). The lowest BCUT2D eigenvalue weighted by Crippen LogP contribution is -2.53. The van der Waals surface area contributed by atoms with Gasteiger partial charge in [0, 0.05) is 42.2 Å². The first-order valence-corrected chi connectivity index (χ1v) is 8.95. The Labute approximate surface area is 141 Å². The fraction of sp³-hybridized carbons (Fsp3) is 0.688. The minimum absolute atomic E-state index is 0.0209. The number of thiazole rings is 1. The predicted molar refractivity (Wildman–Crippen MR) is 91.5 cm³/mol. The van der Waals surface area contributed by atoms with Gasteiger partial charge in [-0.3, -0.25) is 9.78 Å². The standard InChI is InChI=1S/C16H26N4O2S/c1-16(2,3)19-15(22)20-8-6-12(7-9-20)18-14(21)5-4-13-10-17-11-23-13/h10-12H,4-9H2,1-3H3,(H,18,21)(H,19,22). The van der Waals surface area contributed by atoms with Gasteiger partial charge in [-0.25, -0.2) is 4.79 Å². The highest BCUT2D eigenvalue weighted by Crippen LogP contribution is 2.13. The van der Waals surface area contributed by atoms with Gasteiger partial charge in [-0.2, -0.15) is 0 Å². The molecule has 1 aliphatic heterocycles. The Morgan fingerprint density at radius 3 is 2.61 bits per heavy atom. The average Bonchev–Trinajstić information content (AvgIpc) is 2.97. The van der Waals surface area contributed by atoms with Crippen LogP contribution in [0.3, 0.4) is 0 Å². The normalized spacial score (nSPS) is 16.2. The van der Waals surface area contributed by atoms with Crippen LogP contribution in [0.5, 0.6) is 0 Å². The Morgan fingerprint density at radius 1 is 1.35 bits per heavy atom. The number of amides is 3. The molecule has 0 atom stereocenters. The van der Waals surface area contributed by atoms with E-state index in [2.05, 4.69) is 15.6 Å². The van der Waals surface area contributed by atoms with Crippen molar-refractivity contribution in [3.05, 3.63) is 16.6 Å². The third-order valence-electron chi connectivity index (χ3n) is 3.71. The third kappa shape index (κ3) is 6.17. The summed E-state index contributed by atoms with van der Waals surface area (Å²) in [5.74, 6) is 0.0796. The SMILES string of the molecule is CC(C)(C)NC(=O)N1CCC(NC(=O)CCc2cncs2)CC1. The number of rotatable bonds is 4. The summed E-state index contributed by atoms with van der Waals surface area (Å²) in [6.07, 6.45) is 4.66. The van der Waals surface area contributed by atoms with Crippen LogP contribution in [0.1, 0.15) is 44.9 Å². The van der Waals surface area contributed by atoms with E-state index >= 15 is 0 Å². The van der Waals surface area contributed by atoms with E-state index in [4.69, 9.17) is 0 Å². The van der Waals surface area contributed by atoms with Gasteiger partial charge in [0.25, 0.3) is 0 Å². The maximum Gasteiger partial charge on any atom is 0.317 e. The molecular formula is C16H26N4O2S. The van der Waals surface area contributed by atoms with Crippen molar-refractivity contribution in [3.8, 4) is 0 Å². The van der Waals surface area contributed by atoms with Crippen LogP contribution in [0.2, 0.25) is 0 Å². The van der Waals surface area contributed by atoms with E-state index in [9.17, 15) is 9.59 Å². The molecule has 0 unspecified atom stereocenters. The van der Waals surface area contributed by atoms with E-state index in [0.29, 0.717) is 19.5 Å². The summed E-state index contributed by atoms with van der Waals surface area (Å²) in [4.78, 5) is 31.1. The lowest BCUT2D eigenvalue weighted by Gasteiger charge is -2.34. The molecule has 2 N–H and O–H groups in total. The topological polar surface area (TPSA) is 74.3 Å². The zero-order chi connectivity index (χ0) is 16.9. The van der Waals surface area contributed by atoms with Crippen molar-refractivity contribution in [3.63, 3.8) is 0 Å². The molecule has 0 spiro atoms. The largest absolute Gasteiger partial charge is 0.353 e. The number of aryl methyl sites for hydroxylation is 1. The summed E-state index contributed by atoms with van der Waals surface area (Å²) >= 11 is 1.58. The van der Waals surface area contributed by atoms with Gasteiger partial charge in [-0.15, -0.1) is 11.3 Å². The quantitative estimate of drug-likeness (QED) is 0.883. The number of aromatic nitrogens is 1. The van der Waals surface area contributed by atoms with Gasteiger partial charge in [-0.1, -0.05) is 0 Å². The van der Waals surface area contributed by atoms with Gasteiger partial charge in [0.15, 0.2) is 0 Å². The van der Waals surface area contributed by atoms with Gasteiger partial charge in [0.1, 0.15) is 0 Å². The molecule has 0 aromatic carbocycles. The summed E-state index contributed by atoms with van der Waals surface area (Å²) in [6, 6.07) is 0.148. The van der Waals surface area contributed by atoms with Crippen molar-refractivity contribution < 1.29 is 9.59 Å². The number of piperidine rings is 1. The fourth-order valence-electron chi connectivity index (χ4n) is 2.53. The van der Waals surface area contributed by atoms with E-state index < -0.39 is 0 Å². The Bertz CT molecular complexity index is 517. The van der Waals surface area contributed by atoms with Crippen LogP contribution in [0, 0.1) is 0 Å². The zero-order valence-corrected chi connectivity index (χ0v) is 14.9. The molecular weight excluding hydrogens is 312 g/mol. The van der Waals surface area contributed by atoms with Crippen molar-refractivity contribution >= 4 is 23.3 Å². The highest BCUT2D eigenvalue weighted by atomic mass is 32.1. The molecule has 1 saturated heterocycles. The Kier molecular flexibility index (Phi) is 5.98. The Hall–Kier alpha value is -1.63. The van der Waals surface area contributed by atoms with E-state index in [1.165, 1.54) is 0 Å². The minimum atomic E-state index is -0.223. The number of urea groups is 1. The van der Waals surface area contributed by atoms with Crippen LogP contribution in [0.25, 0.3) is 0 Å². The van der Waals surface area contributed by atoms with E-state index in [1.807, 2.05) is 31.9 Å². The maximum absolute atomic E-state index is 12.1. The van der Waals surface area contributed by atoms with Gasteiger partial charge in [0.05, 0.1) is 5.51 Å². The second-order valence-corrected chi connectivity index (χ2v) is 7.95. The predicted octanol–water partition coefficient (Wildman–Crippen LogP) is 2.16. The van der Waals surface area contributed by atoms with Gasteiger partial charge >= 0.3 is 6.03 Å². The van der Waals surface area contributed by atoms with Gasteiger partial charge in [0.2, 0.25) is 5.91 Å². The van der Waals surface area contributed by atoms with Crippen molar-refractivity contribution in [1.82, 2.24) is 20.5 Å². The van der Waals surface area contributed by atoms with Crippen LogP contribution >= 0.6 is 11.3 Å². The van der Waals surface area contributed by atoms with Crippen LogP contribution in [-0.4, -0.2) is 46.5 Å². The molecule has 23 heavy (non-hydrogen) atoms. The molecule has 6 nitrogen and oxygen atoms in total. The first-order valence-electron chi connectivity index (χ1n) is 8.07. The second kappa shape index (κ2) is 7.77. The highest BCUT2D eigenvalue weighted by Gasteiger charge is 2.25. The molecule has 2 heterocycles. The molecule has 1 aromatic heterocycles. The molecule has 7 heteroatoms. The van der Waals surface area contributed by atoms with E-state index in [1.54, 1.807) is 16.8 Å². The Morgan fingerprint density at radius 2 is 2.04 bits per heavy atom. The fourth-order valence-corrected chi connectivity index (χ4v) is 3.13. The van der Waals surface area contributed by atoms with Crippen LogP contribution in [0.4, 0.5) is 4.79 Å². The first-order chi connectivity index (χ1) is 10.8. The van der Waals surface area contributed by atoms with Crippen molar-refractivity contribution in [1.29, 1.82) is 0 Å². The van der Waals surface area contributed by atoms with Crippen LogP contribution in [-0.2, 0) is 11.2 Å². The number of hydrogen-bond donors (Lipinski definition) is 2. The summed E-state index contributed by atoms with van der Waals surface area (Å²) in [5.41, 5.74) is 1.56. The molecule has 1 aliphatic rings. The van der Waals surface area contributed by atoms with Crippen molar-refractivity contribution in [2.75, 3.05) is 13.1 Å². The number of carbonyl (C=O) groups is 2. The summed E-state index contributed by atoms with van der Waals surface area (Å²) in [5, 5.41) is 6.05. The molecule has 1 aromatic rings. The van der Waals surface area contributed by atoms with Crippen LogP contribution in [0.15, 0.2) is 11.7 Å². The zero-order valence-electron chi connectivity index (χ0n) is 14.1. The van der Waals surface area contributed by atoms with Crippen molar-refractivity contribution in [2.24, 2.45) is 0 Å². The van der Waals surface area contributed by atoms with Gasteiger partial charge in [-0.05, 0) is 40.0 Å². The second-order valence-electron chi connectivity index (χ2n) is 6.98. The number of carbonyl (C=O) groups excluding carboxylic acids is 2. The summed E-state index contributed by atoms with van der Waals surface area (Å²) < 4.78 is 0. The molecule has 0 bridgehead atoms. The first kappa shape index (κ1) is 17.7. The number of hydrogen-bond acceptors (Lipinski definition) is 4. The smallest absolute Gasteiger partial charge is 0.317 e. The third-order valence-corrected chi connectivity index (χ3v) is 4.55. The number of nitrogens with zero attached hydrogens (tertiary/aromatic N) is 2. The molecule has 0 radical (unpaired) electrons. The molecule has 0 aliphatic carbocycles. The number of likely N-dealkylation sites (tertiary alicyclic amines) is 1. The minimum Gasteiger partial charge on any atom is -0.353 e. The molecule has 128 valence electrons. The monoisotopic (exact) mass is 338 g/mol. The van der Waals surface area contributed by atoms with Crippen LogP contribution < -0.4 is 10.6 Å². The lowest BCUT2D eigenvalue weighted by molar-refractivity contribution is -0.122. The number of nitrogens with one attached hydrogen (secondary N) is 2. The lowest BCUT2D eigenvalue weighted by atomic mass is 10.0. The van der Waals surface area contributed by atoms with Crippen molar-refractivity contribution in [2.45, 2.75) is 58.0 Å². The molecule has 1 fully saturated rings.